The van der Waals surface area contributed by atoms with Crippen molar-refractivity contribution >= 4 is 39.5 Å². The molecule has 3 nitrogen and oxygen atoms in total. The third-order valence-electron chi connectivity index (χ3n) is 3.96. The number of rotatable bonds is 4. The first-order chi connectivity index (χ1) is 12.2. The molecule has 25 heavy (non-hydrogen) atoms. The van der Waals surface area contributed by atoms with E-state index in [-0.39, 0.29) is 5.56 Å². The Morgan fingerprint density at radius 3 is 2.64 bits per heavy atom. The molecule has 6 heteroatoms. The molecule has 3 aromatic rings. The van der Waals surface area contributed by atoms with Crippen LogP contribution in [0.2, 0.25) is 0 Å². The molecule has 1 aliphatic rings. The van der Waals surface area contributed by atoms with Crippen LogP contribution in [0.3, 0.4) is 0 Å². The van der Waals surface area contributed by atoms with Crippen LogP contribution in [0.1, 0.15) is 11.3 Å². The van der Waals surface area contributed by atoms with Crippen molar-refractivity contribution in [3.05, 3.63) is 80.7 Å². The summed E-state index contributed by atoms with van der Waals surface area (Å²) in [7, 11) is 0. The lowest BCUT2D eigenvalue weighted by Gasteiger charge is -2.14. The third kappa shape index (κ3) is 3.57. The second kappa shape index (κ2) is 7.40. The number of halogens is 1. The smallest absolute Gasteiger partial charge is 0.268 e. The highest BCUT2D eigenvalue weighted by Gasteiger charge is 2.22. The number of fused-ring (bicyclic) bond motifs is 1. The molecule has 0 radical (unpaired) electrons. The van der Waals surface area contributed by atoms with Crippen LogP contribution in [0, 0.1) is 0 Å². The van der Waals surface area contributed by atoms with Crippen molar-refractivity contribution in [3.63, 3.8) is 0 Å². The molecule has 0 spiro atoms. The third-order valence-corrected chi connectivity index (χ3v) is 6.61. The number of benzene rings is 2. The largest absolute Gasteiger partial charge is 0.272 e. The maximum absolute atomic E-state index is 13.1. The SMILES string of the molecule is O=c1c2c(nc(SCc3ccccc3)n1-c1ccc(Br)cc1)CCS2. The van der Waals surface area contributed by atoms with Crippen LogP contribution in [-0.4, -0.2) is 15.3 Å². The van der Waals surface area contributed by atoms with Gasteiger partial charge in [0.2, 0.25) is 0 Å². The highest BCUT2D eigenvalue weighted by molar-refractivity contribution is 9.10. The average molecular weight is 431 g/mol. The number of hydrogen-bond acceptors (Lipinski definition) is 4. The molecule has 0 aliphatic carbocycles. The zero-order valence-corrected chi connectivity index (χ0v) is 16.5. The van der Waals surface area contributed by atoms with Gasteiger partial charge in [0, 0.05) is 22.4 Å². The van der Waals surface area contributed by atoms with Crippen molar-refractivity contribution < 1.29 is 0 Å². The minimum atomic E-state index is 0.0467. The molecular weight excluding hydrogens is 416 g/mol. The maximum Gasteiger partial charge on any atom is 0.272 e. The van der Waals surface area contributed by atoms with Gasteiger partial charge in [0.1, 0.15) is 0 Å². The Bertz CT molecular complexity index is 956. The molecule has 0 atom stereocenters. The van der Waals surface area contributed by atoms with E-state index in [1.807, 2.05) is 42.5 Å². The van der Waals surface area contributed by atoms with E-state index in [0.29, 0.717) is 0 Å². The Balaban J connectivity index is 1.77. The Morgan fingerprint density at radius 2 is 1.88 bits per heavy atom. The van der Waals surface area contributed by atoms with Crippen LogP contribution >= 0.6 is 39.5 Å². The lowest BCUT2D eigenvalue weighted by Crippen LogP contribution is -2.23. The number of nitrogens with zero attached hydrogens (tertiary/aromatic N) is 2. The number of aryl methyl sites for hydroxylation is 1. The Hall–Kier alpha value is -1.50. The summed E-state index contributed by atoms with van der Waals surface area (Å²) in [5.41, 5.74) is 3.06. The van der Waals surface area contributed by atoms with Gasteiger partial charge in [0.05, 0.1) is 16.3 Å². The summed E-state index contributed by atoms with van der Waals surface area (Å²) < 4.78 is 2.74. The van der Waals surface area contributed by atoms with Crippen LogP contribution < -0.4 is 5.56 Å². The Kier molecular flexibility index (Phi) is 5.01. The van der Waals surface area contributed by atoms with Gasteiger partial charge in [0.15, 0.2) is 5.16 Å². The Morgan fingerprint density at radius 1 is 1.12 bits per heavy atom. The Labute approximate surface area is 163 Å². The number of aromatic nitrogens is 2. The predicted octanol–water partition coefficient (Wildman–Crippen LogP) is 4.94. The first-order valence-electron chi connectivity index (χ1n) is 7.94. The standard InChI is InChI=1S/C19H15BrN2OS2/c20-14-6-8-15(9-7-14)22-18(23)17-16(10-11-24-17)21-19(22)25-12-13-4-2-1-3-5-13/h1-9H,10-12H2. The molecule has 0 unspecified atom stereocenters. The molecule has 0 fully saturated rings. The summed E-state index contributed by atoms with van der Waals surface area (Å²) in [6.45, 7) is 0. The zero-order chi connectivity index (χ0) is 17.2. The van der Waals surface area contributed by atoms with Crippen LogP contribution in [-0.2, 0) is 12.2 Å². The average Bonchev–Trinajstić information content (AvgIpc) is 3.11. The quantitative estimate of drug-likeness (QED) is 0.433. The normalized spacial score (nSPS) is 13.0. The molecule has 0 saturated heterocycles. The van der Waals surface area contributed by atoms with Crippen molar-refractivity contribution in [2.75, 3.05) is 5.75 Å². The molecule has 0 N–H and O–H groups in total. The van der Waals surface area contributed by atoms with Gasteiger partial charge in [-0.25, -0.2) is 4.98 Å². The van der Waals surface area contributed by atoms with Crippen LogP contribution in [0.4, 0.5) is 0 Å². The highest BCUT2D eigenvalue weighted by atomic mass is 79.9. The van der Waals surface area contributed by atoms with E-state index in [2.05, 4.69) is 28.1 Å². The molecule has 0 bridgehead atoms. The summed E-state index contributed by atoms with van der Waals surface area (Å²) in [5, 5.41) is 0.762. The summed E-state index contributed by atoms with van der Waals surface area (Å²) >= 11 is 6.68. The molecule has 4 rings (SSSR count). The summed E-state index contributed by atoms with van der Waals surface area (Å²) in [5.74, 6) is 1.72. The molecule has 2 heterocycles. The van der Waals surface area contributed by atoms with Crippen molar-refractivity contribution in [3.8, 4) is 5.69 Å². The first kappa shape index (κ1) is 16.9. The molecule has 126 valence electrons. The van der Waals surface area contributed by atoms with Gasteiger partial charge >= 0.3 is 0 Å². The summed E-state index contributed by atoms with van der Waals surface area (Å²) in [4.78, 5) is 18.7. The van der Waals surface area contributed by atoms with Crippen LogP contribution in [0.5, 0.6) is 0 Å². The number of thioether (sulfide) groups is 2. The molecule has 0 saturated carbocycles. The lowest BCUT2D eigenvalue weighted by molar-refractivity contribution is 0.739. The van der Waals surface area contributed by atoms with E-state index < -0.39 is 0 Å². The van der Waals surface area contributed by atoms with Gasteiger partial charge in [-0.2, -0.15) is 0 Å². The van der Waals surface area contributed by atoms with Crippen molar-refractivity contribution in [1.82, 2.24) is 9.55 Å². The highest BCUT2D eigenvalue weighted by Crippen LogP contribution is 2.31. The van der Waals surface area contributed by atoms with Gasteiger partial charge in [-0.05, 0) is 29.8 Å². The maximum atomic E-state index is 13.1. The van der Waals surface area contributed by atoms with E-state index >= 15 is 0 Å². The van der Waals surface area contributed by atoms with Crippen molar-refractivity contribution in [1.29, 1.82) is 0 Å². The van der Waals surface area contributed by atoms with Crippen LogP contribution in [0.25, 0.3) is 5.69 Å². The minimum Gasteiger partial charge on any atom is -0.268 e. The fourth-order valence-electron chi connectivity index (χ4n) is 2.73. The van der Waals surface area contributed by atoms with Crippen molar-refractivity contribution in [2.45, 2.75) is 22.2 Å². The predicted molar refractivity (Wildman–Crippen MR) is 108 cm³/mol. The van der Waals surface area contributed by atoms with E-state index in [4.69, 9.17) is 4.98 Å². The molecule has 1 aliphatic heterocycles. The second-order valence-electron chi connectivity index (χ2n) is 5.66. The fraction of sp³-hybridized carbons (Fsp3) is 0.158. The zero-order valence-electron chi connectivity index (χ0n) is 13.3. The lowest BCUT2D eigenvalue weighted by atomic mass is 10.2. The van der Waals surface area contributed by atoms with Gasteiger partial charge in [0.25, 0.3) is 5.56 Å². The van der Waals surface area contributed by atoms with E-state index in [9.17, 15) is 4.79 Å². The second-order valence-corrected chi connectivity index (χ2v) is 8.62. The first-order valence-corrected chi connectivity index (χ1v) is 10.7. The topological polar surface area (TPSA) is 34.9 Å². The monoisotopic (exact) mass is 430 g/mol. The molecular formula is C19H15BrN2OS2. The van der Waals surface area contributed by atoms with E-state index in [1.54, 1.807) is 28.1 Å². The van der Waals surface area contributed by atoms with E-state index in [1.165, 1.54) is 5.56 Å². The van der Waals surface area contributed by atoms with Gasteiger partial charge in [-0.3, -0.25) is 9.36 Å². The van der Waals surface area contributed by atoms with Crippen LogP contribution in [0.15, 0.2) is 73.9 Å². The van der Waals surface area contributed by atoms with Gasteiger partial charge in [-0.1, -0.05) is 58.0 Å². The molecule has 1 aromatic heterocycles. The summed E-state index contributed by atoms with van der Waals surface area (Å²) in [6.07, 6.45) is 0.870. The number of hydrogen-bond donors (Lipinski definition) is 0. The van der Waals surface area contributed by atoms with Crippen molar-refractivity contribution in [2.24, 2.45) is 0 Å². The molecule has 0 amide bonds. The van der Waals surface area contributed by atoms with Gasteiger partial charge < -0.3 is 0 Å². The molecule has 2 aromatic carbocycles. The van der Waals surface area contributed by atoms with Gasteiger partial charge in [-0.15, -0.1) is 11.8 Å². The minimum absolute atomic E-state index is 0.0467. The summed E-state index contributed by atoms with van der Waals surface area (Å²) in [6, 6.07) is 18.1. The van der Waals surface area contributed by atoms with E-state index in [0.717, 1.165) is 43.8 Å². The fourth-order valence-corrected chi connectivity index (χ4v) is 5.00.